The van der Waals surface area contributed by atoms with Crippen LogP contribution >= 0.6 is 11.6 Å². The number of hydrazine groups is 1. The quantitative estimate of drug-likeness (QED) is 0.790. The number of halogens is 1. The third kappa shape index (κ3) is 4.10. The molecule has 1 aliphatic heterocycles. The molecule has 0 bridgehead atoms. The first-order chi connectivity index (χ1) is 11.2. The molecule has 2 aromatic carbocycles. The van der Waals surface area contributed by atoms with Crippen LogP contribution in [0.3, 0.4) is 0 Å². The van der Waals surface area contributed by atoms with Crippen LogP contribution in [0.4, 0.5) is 0 Å². The van der Waals surface area contributed by atoms with Crippen LogP contribution in [-0.2, 0) is 11.2 Å². The molecule has 0 aliphatic carbocycles. The van der Waals surface area contributed by atoms with Crippen molar-refractivity contribution in [2.24, 2.45) is 0 Å². The Bertz CT molecular complexity index is 662. The SMILES string of the molecule is O=C(NCCc1ccccc1)C1CC(c2ccccc2Cl)NN1. The van der Waals surface area contributed by atoms with Crippen molar-refractivity contribution in [2.75, 3.05) is 6.54 Å². The minimum atomic E-state index is -0.243. The van der Waals surface area contributed by atoms with E-state index in [0.29, 0.717) is 13.0 Å². The van der Waals surface area contributed by atoms with E-state index in [9.17, 15) is 4.79 Å². The van der Waals surface area contributed by atoms with Gasteiger partial charge in [-0.05, 0) is 30.0 Å². The molecule has 0 radical (unpaired) electrons. The van der Waals surface area contributed by atoms with Gasteiger partial charge in [0.15, 0.2) is 0 Å². The molecule has 1 aliphatic rings. The molecule has 1 amide bonds. The van der Waals surface area contributed by atoms with Gasteiger partial charge in [-0.15, -0.1) is 0 Å². The lowest BCUT2D eigenvalue weighted by Crippen LogP contribution is -2.43. The zero-order chi connectivity index (χ0) is 16.1. The smallest absolute Gasteiger partial charge is 0.238 e. The van der Waals surface area contributed by atoms with Crippen LogP contribution in [-0.4, -0.2) is 18.5 Å². The van der Waals surface area contributed by atoms with Gasteiger partial charge in [0, 0.05) is 17.6 Å². The summed E-state index contributed by atoms with van der Waals surface area (Å²) in [7, 11) is 0. The minimum absolute atomic E-state index is 0.0167. The highest BCUT2D eigenvalue weighted by molar-refractivity contribution is 6.31. The first-order valence-corrected chi connectivity index (χ1v) is 8.19. The lowest BCUT2D eigenvalue weighted by atomic mass is 10.0. The molecule has 5 heteroatoms. The predicted octanol–water partition coefficient (Wildman–Crippen LogP) is 2.61. The summed E-state index contributed by atoms with van der Waals surface area (Å²) in [5.41, 5.74) is 8.45. The number of carbonyl (C=O) groups excluding carboxylic acids is 1. The Morgan fingerprint density at radius 3 is 2.61 bits per heavy atom. The maximum absolute atomic E-state index is 12.3. The molecule has 120 valence electrons. The highest BCUT2D eigenvalue weighted by Crippen LogP contribution is 2.28. The van der Waals surface area contributed by atoms with E-state index in [0.717, 1.165) is 17.0 Å². The summed E-state index contributed by atoms with van der Waals surface area (Å²) in [6, 6.07) is 17.7. The molecule has 3 rings (SSSR count). The number of carbonyl (C=O) groups is 1. The largest absolute Gasteiger partial charge is 0.354 e. The first kappa shape index (κ1) is 16.0. The molecule has 2 aromatic rings. The third-order valence-electron chi connectivity index (χ3n) is 4.06. The molecule has 1 saturated heterocycles. The fourth-order valence-electron chi connectivity index (χ4n) is 2.79. The summed E-state index contributed by atoms with van der Waals surface area (Å²) in [5.74, 6) is 0.0167. The van der Waals surface area contributed by atoms with E-state index in [4.69, 9.17) is 11.6 Å². The van der Waals surface area contributed by atoms with Gasteiger partial charge >= 0.3 is 0 Å². The number of hydrogen-bond acceptors (Lipinski definition) is 3. The van der Waals surface area contributed by atoms with Crippen molar-refractivity contribution in [2.45, 2.75) is 24.9 Å². The van der Waals surface area contributed by atoms with Crippen LogP contribution < -0.4 is 16.2 Å². The van der Waals surface area contributed by atoms with Gasteiger partial charge in [-0.3, -0.25) is 4.79 Å². The molecule has 0 saturated carbocycles. The van der Waals surface area contributed by atoms with Crippen LogP contribution in [0.25, 0.3) is 0 Å². The first-order valence-electron chi connectivity index (χ1n) is 7.81. The van der Waals surface area contributed by atoms with Crippen LogP contribution in [0, 0.1) is 0 Å². The Labute approximate surface area is 141 Å². The number of nitrogens with one attached hydrogen (secondary N) is 3. The van der Waals surface area contributed by atoms with Crippen LogP contribution in [0.1, 0.15) is 23.6 Å². The van der Waals surface area contributed by atoms with Gasteiger partial charge in [-0.2, -0.15) is 0 Å². The summed E-state index contributed by atoms with van der Waals surface area (Å²) < 4.78 is 0. The van der Waals surface area contributed by atoms with E-state index in [1.54, 1.807) is 0 Å². The molecule has 2 unspecified atom stereocenters. The summed E-state index contributed by atoms with van der Waals surface area (Å²) >= 11 is 6.21. The standard InChI is InChI=1S/C18H20ClN3O/c19-15-9-5-4-8-14(15)16-12-17(22-21-16)18(23)20-11-10-13-6-2-1-3-7-13/h1-9,16-17,21-22H,10-12H2,(H,20,23). The predicted molar refractivity (Wildman–Crippen MR) is 92.0 cm³/mol. The van der Waals surface area contributed by atoms with E-state index in [1.807, 2.05) is 42.5 Å². The zero-order valence-corrected chi connectivity index (χ0v) is 13.5. The van der Waals surface area contributed by atoms with Crippen LogP contribution in [0.2, 0.25) is 5.02 Å². The third-order valence-corrected chi connectivity index (χ3v) is 4.40. The van der Waals surface area contributed by atoms with Gasteiger partial charge in [0.2, 0.25) is 5.91 Å². The molecule has 0 aromatic heterocycles. The van der Waals surface area contributed by atoms with Gasteiger partial charge < -0.3 is 5.32 Å². The summed E-state index contributed by atoms with van der Waals surface area (Å²) in [6.07, 6.45) is 1.52. The summed E-state index contributed by atoms with van der Waals surface area (Å²) in [4.78, 5) is 12.3. The minimum Gasteiger partial charge on any atom is -0.354 e. The van der Waals surface area contributed by atoms with Gasteiger partial charge in [0.05, 0.1) is 0 Å². The second kappa shape index (κ2) is 7.59. The lowest BCUT2D eigenvalue weighted by Gasteiger charge is -2.11. The maximum Gasteiger partial charge on any atom is 0.238 e. The number of amides is 1. The zero-order valence-electron chi connectivity index (χ0n) is 12.8. The molecule has 4 nitrogen and oxygen atoms in total. The fraction of sp³-hybridized carbons (Fsp3) is 0.278. The average molecular weight is 330 g/mol. The Morgan fingerprint density at radius 1 is 1.09 bits per heavy atom. The number of benzene rings is 2. The van der Waals surface area contributed by atoms with Gasteiger partial charge in [-0.1, -0.05) is 60.1 Å². The number of rotatable bonds is 5. The van der Waals surface area contributed by atoms with Gasteiger partial charge in [0.1, 0.15) is 6.04 Å². The fourth-order valence-corrected chi connectivity index (χ4v) is 3.06. The lowest BCUT2D eigenvalue weighted by molar-refractivity contribution is -0.122. The Hall–Kier alpha value is -1.88. The molecule has 3 N–H and O–H groups in total. The molecular formula is C18H20ClN3O. The molecule has 0 spiro atoms. The van der Waals surface area contributed by atoms with E-state index in [1.165, 1.54) is 5.56 Å². The Kier molecular flexibility index (Phi) is 5.28. The average Bonchev–Trinajstić information content (AvgIpc) is 3.06. The monoisotopic (exact) mass is 329 g/mol. The van der Waals surface area contributed by atoms with Crippen molar-refractivity contribution in [3.8, 4) is 0 Å². The van der Waals surface area contributed by atoms with E-state index < -0.39 is 0 Å². The van der Waals surface area contributed by atoms with Crippen molar-refractivity contribution in [3.63, 3.8) is 0 Å². The van der Waals surface area contributed by atoms with Crippen molar-refractivity contribution < 1.29 is 4.79 Å². The van der Waals surface area contributed by atoms with E-state index in [2.05, 4.69) is 28.3 Å². The molecular weight excluding hydrogens is 310 g/mol. The molecule has 1 heterocycles. The van der Waals surface area contributed by atoms with Gasteiger partial charge in [-0.25, -0.2) is 10.9 Å². The summed E-state index contributed by atoms with van der Waals surface area (Å²) in [5, 5.41) is 3.70. The molecule has 23 heavy (non-hydrogen) atoms. The summed E-state index contributed by atoms with van der Waals surface area (Å²) in [6.45, 7) is 0.637. The van der Waals surface area contributed by atoms with Crippen molar-refractivity contribution in [3.05, 3.63) is 70.7 Å². The Morgan fingerprint density at radius 2 is 1.83 bits per heavy atom. The molecule has 2 atom stereocenters. The second-order valence-electron chi connectivity index (χ2n) is 5.68. The van der Waals surface area contributed by atoms with E-state index >= 15 is 0 Å². The van der Waals surface area contributed by atoms with Crippen LogP contribution in [0.15, 0.2) is 54.6 Å². The van der Waals surface area contributed by atoms with E-state index in [-0.39, 0.29) is 18.0 Å². The topological polar surface area (TPSA) is 53.2 Å². The van der Waals surface area contributed by atoms with Crippen molar-refractivity contribution in [1.82, 2.24) is 16.2 Å². The highest BCUT2D eigenvalue weighted by Gasteiger charge is 2.30. The normalized spacial score (nSPS) is 20.4. The maximum atomic E-state index is 12.3. The van der Waals surface area contributed by atoms with Crippen LogP contribution in [0.5, 0.6) is 0 Å². The highest BCUT2D eigenvalue weighted by atomic mass is 35.5. The Balaban J connectivity index is 1.49. The molecule has 1 fully saturated rings. The van der Waals surface area contributed by atoms with Gasteiger partial charge in [0.25, 0.3) is 0 Å². The number of hydrogen-bond donors (Lipinski definition) is 3. The van der Waals surface area contributed by atoms with Crippen molar-refractivity contribution >= 4 is 17.5 Å². The second-order valence-corrected chi connectivity index (χ2v) is 6.08. The van der Waals surface area contributed by atoms with Crippen molar-refractivity contribution in [1.29, 1.82) is 0 Å².